The number of methoxy groups -OCH3 is 1. The Hall–Kier alpha value is -0.130. The van der Waals surface area contributed by atoms with E-state index in [1.165, 1.54) is 7.11 Å². The van der Waals surface area contributed by atoms with Crippen molar-refractivity contribution in [3.63, 3.8) is 0 Å². The second kappa shape index (κ2) is 3.90. The van der Waals surface area contributed by atoms with Gasteiger partial charge < -0.3 is 4.74 Å². The molecule has 0 aromatic carbocycles. The molecule has 10 heavy (non-hydrogen) atoms. The Balaban J connectivity index is 4.24. The third-order valence-corrected chi connectivity index (χ3v) is 1.34. The minimum Gasteiger partial charge on any atom is -0.467 e. The summed E-state index contributed by atoms with van der Waals surface area (Å²) in [6, 6.07) is 0. The molecule has 0 aliphatic heterocycles. The van der Waals surface area contributed by atoms with Gasteiger partial charge in [-0.15, -0.1) is 0 Å². The summed E-state index contributed by atoms with van der Waals surface area (Å²) >= 11 is 1.96. The summed E-state index contributed by atoms with van der Waals surface area (Å²) < 4.78 is 6.08. The highest BCUT2D eigenvalue weighted by molar-refractivity contribution is 14.1. The van der Waals surface area contributed by atoms with Gasteiger partial charge in [0.15, 0.2) is 5.54 Å². The molecule has 0 amide bonds. The van der Waals surface area contributed by atoms with Crippen molar-refractivity contribution < 1.29 is 9.53 Å². The lowest BCUT2D eigenvalue weighted by atomic mass is 10.1. The van der Waals surface area contributed by atoms with E-state index in [9.17, 15) is 4.79 Å². The number of esters is 1. The molecule has 0 fully saturated rings. The fraction of sp³-hybridized carbons (Fsp3) is 0.667. The van der Waals surface area contributed by atoms with E-state index in [0.717, 1.165) is 0 Å². The quantitative estimate of drug-likeness (QED) is 0.425. The highest BCUT2D eigenvalue weighted by Gasteiger charge is 2.26. The molecule has 0 radical (unpaired) electrons. The standard InChI is InChI=1S/C6H10INO2/c1-6(2,8-4-7)5(9)10-3/h4H,1-3H3/b8-4+. The van der Waals surface area contributed by atoms with E-state index in [2.05, 4.69) is 9.73 Å². The topological polar surface area (TPSA) is 38.7 Å². The SMILES string of the molecule is COC(=O)C(C)(C)/N=C/I. The van der Waals surface area contributed by atoms with Crippen molar-refractivity contribution in [2.75, 3.05) is 7.11 Å². The van der Waals surface area contributed by atoms with Crippen LogP contribution in [0.2, 0.25) is 0 Å². The number of halogens is 1. The molecule has 0 heterocycles. The van der Waals surface area contributed by atoms with Gasteiger partial charge in [-0.1, -0.05) is 0 Å². The molecule has 0 atom stereocenters. The smallest absolute Gasteiger partial charge is 0.333 e. The molecule has 0 spiro atoms. The van der Waals surface area contributed by atoms with Crippen LogP contribution in [0.15, 0.2) is 4.99 Å². The van der Waals surface area contributed by atoms with Crippen LogP contribution in [0.5, 0.6) is 0 Å². The van der Waals surface area contributed by atoms with Gasteiger partial charge in [0.1, 0.15) is 0 Å². The molecule has 0 N–H and O–H groups in total. The third kappa shape index (κ3) is 2.64. The molecule has 3 nitrogen and oxygen atoms in total. The van der Waals surface area contributed by atoms with Crippen molar-refractivity contribution >= 4 is 32.8 Å². The van der Waals surface area contributed by atoms with Gasteiger partial charge in [0.25, 0.3) is 0 Å². The lowest BCUT2D eigenvalue weighted by Gasteiger charge is -2.14. The van der Waals surface area contributed by atoms with Gasteiger partial charge in [0.2, 0.25) is 0 Å². The fourth-order valence-corrected chi connectivity index (χ4v) is 1.12. The minimum atomic E-state index is -0.740. The number of carbonyl (C=O) groups is 1. The van der Waals surface area contributed by atoms with E-state index >= 15 is 0 Å². The highest BCUT2D eigenvalue weighted by atomic mass is 127. The first kappa shape index (κ1) is 9.87. The van der Waals surface area contributed by atoms with Crippen molar-refractivity contribution in [1.82, 2.24) is 0 Å². The first-order valence-electron chi connectivity index (χ1n) is 2.77. The maximum absolute atomic E-state index is 10.9. The van der Waals surface area contributed by atoms with Crippen molar-refractivity contribution in [2.45, 2.75) is 19.4 Å². The third-order valence-electron chi connectivity index (χ3n) is 1.06. The fourth-order valence-electron chi connectivity index (χ4n) is 0.424. The van der Waals surface area contributed by atoms with Crippen LogP contribution < -0.4 is 0 Å². The van der Waals surface area contributed by atoms with Gasteiger partial charge in [-0.25, -0.2) is 4.79 Å². The predicted molar refractivity (Wildman–Crippen MR) is 48.6 cm³/mol. The molecule has 4 heteroatoms. The lowest BCUT2D eigenvalue weighted by molar-refractivity contribution is -0.145. The van der Waals surface area contributed by atoms with Gasteiger partial charge in [-0.2, -0.15) is 0 Å². The molecule has 0 aromatic heterocycles. The Bertz CT molecular complexity index is 154. The van der Waals surface area contributed by atoms with Crippen LogP contribution in [0.3, 0.4) is 0 Å². The number of hydrogen-bond acceptors (Lipinski definition) is 3. The second-order valence-corrected chi connectivity index (χ2v) is 2.83. The Morgan fingerprint density at radius 2 is 2.20 bits per heavy atom. The first-order chi connectivity index (χ1) is 4.54. The molecule has 0 aliphatic rings. The van der Waals surface area contributed by atoms with Crippen molar-refractivity contribution in [1.29, 1.82) is 0 Å². The molecule has 0 bridgehead atoms. The van der Waals surface area contributed by atoms with E-state index in [0.29, 0.717) is 0 Å². The summed E-state index contributed by atoms with van der Waals surface area (Å²) in [5.41, 5.74) is -0.740. The second-order valence-electron chi connectivity index (χ2n) is 2.28. The molecular formula is C6H10INO2. The number of ether oxygens (including phenoxy) is 1. The zero-order chi connectivity index (χ0) is 8.20. The van der Waals surface area contributed by atoms with Crippen LogP contribution in [-0.2, 0) is 9.53 Å². The average molecular weight is 255 g/mol. The monoisotopic (exact) mass is 255 g/mol. The van der Waals surface area contributed by atoms with E-state index in [-0.39, 0.29) is 5.97 Å². The van der Waals surface area contributed by atoms with Crippen LogP contribution in [0.25, 0.3) is 0 Å². The van der Waals surface area contributed by atoms with Crippen LogP contribution in [0.1, 0.15) is 13.8 Å². The molecule has 58 valence electrons. The van der Waals surface area contributed by atoms with E-state index < -0.39 is 5.54 Å². The maximum atomic E-state index is 10.9. The summed E-state index contributed by atoms with van der Waals surface area (Å²) in [6.45, 7) is 3.40. The molecule has 0 saturated heterocycles. The minimum absolute atomic E-state index is 0.319. The maximum Gasteiger partial charge on any atom is 0.333 e. The van der Waals surface area contributed by atoms with Crippen LogP contribution >= 0.6 is 22.6 Å². The van der Waals surface area contributed by atoms with Crippen molar-refractivity contribution in [3.05, 3.63) is 0 Å². The lowest BCUT2D eigenvalue weighted by Crippen LogP contribution is -2.30. The molecule has 0 aliphatic carbocycles. The van der Waals surface area contributed by atoms with Crippen LogP contribution in [0.4, 0.5) is 0 Å². The summed E-state index contributed by atoms with van der Waals surface area (Å²) in [6.07, 6.45) is 0. The number of nitrogens with zero attached hydrogens (tertiary/aromatic N) is 1. The number of carbonyl (C=O) groups excluding carboxylic acids is 1. The van der Waals surface area contributed by atoms with Crippen LogP contribution in [-0.4, -0.2) is 22.8 Å². The molecular weight excluding hydrogens is 245 g/mol. The largest absolute Gasteiger partial charge is 0.467 e. The van der Waals surface area contributed by atoms with E-state index in [1.54, 1.807) is 18.1 Å². The van der Waals surface area contributed by atoms with Gasteiger partial charge in [-0.05, 0) is 36.4 Å². The van der Waals surface area contributed by atoms with Crippen molar-refractivity contribution in [2.24, 2.45) is 4.99 Å². The Labute approximate surface area is 74.0 Å². The van der Waals surface area contributed by atoms with Crippen molar-refractivity contribution in [3.8, 4) is 0 Å². The summed E-state index contributed by atoms with van der Waals surface area (Å²) in [7, 11) is 1.35. The highest BCUT2D eigenvalue weighted by Crippen LogP contribution is 2.10. The molecule has 0 aromatic rings. The van der Waals surface area contributed by atoms with E-state index in [1.807, 2.05) is 22.6 Å². The molecule has 0 saturated carbocycles. The molecule has 0 rings (SSSR count). The van der Waals surface area contributed by atoms with Gasteiger partial charge in [0.05, 0.1) is 11.3 Å². The Kier molecular flexibility index (Phi) is 3.85. The van der Waals surface area contributed by atoms with Gasteiger partial charge in [0, 0.05) is 0 Å². The normalized spacial score (nSPS) is 12.0. The van der Waals surface area contributed by atoms with Gasteiger partial charge in [-0.3, -0.25) is 4.99 Å². The predicted octanol–water partition coefficient (Wildman–Crippen LogP) is 1.40. The number of hydrogen-bond donors (Lipinski definition) is 0. The molecule has 0 unspecified atom stereocenters. The number of aliphatic imine (C=N–C) groups is 1. The zero-order valence-electron chi connectivity index (χ0n) is 6.22. The Morgan fingerprint density at radius 3 is 2.50 bits per heavy atom. The zero-order valence-corrected chi connectivity index (χ0v) is 8.38. The van der Waals surface area contributed by atoms with Gasteiger partial charge >= 0.3 is 5.97 Å². The number of rotatable bonds is 2. The van der Waals surface area contributed by atoms with Crippen LogP contribution in [0, 0.1) is 0 Å². The summed E-state index contributed by atoms with van der Waals surface area (Å²) in [5.74, 6) is -0.319. The summed E-state index contributed by atoms with van der Waals surface area (Å²) in [4.78, 5) is 14.8. The first-order valence-corrected chi connectivity index (χ1v) is 4.01. The average Bonchev–Trinajstić information content (AvgIpc) is 1.86. The van der Waals surface area contributed by atoms with E-state index in [4.69, 9.17) is 0 Å². The Morgan fingerprint density at radius 1 is 1.70 bits per heavy atom. The summed E-state index contributed by atoms with van der Waals surface area (Å²) in [5, 5.41) is 0.